The number of carbonyl (C=O) groups excluding carboxylic acids is 1. The molecule has 1 aliphatic carbocycles. The Balaban J connectivity index is 1.47. The topological polar surface area (TPSA) is 42.0 Å². The van der Waals surface area contributed by atoms with Crippen molar-refractivity contribution in [3.05, 3.63) is 70.0 Å². The summed E-state index contributed by atoms with van der Waals surface area (Å²) in [6, 6.07) is 15.4. The number of hydrogen-bond donors (Lipinski definition) is 1. The van der Waals surface area contributed by atoms with Crippen molar-refractivity contribution in [2.24, 2.45) is 0 Å². The number of nitrogens with zero attached hydrogens (tertiary/aromatic N) is 1. The molecule has 4 rings (SSSR count). The predicted molar refractivity (Wildman–Crippen MR) is 98.7 cm³/mol. The molecule has 1 fully saturated rings. The monoisotopic (exact) mass is 334 g/mol. The van der Waals surface area contributed by atoms with Crippen molar-refractivity contribution in [2.45, 2.75) is 25.7 Å². The summed E-state index contributed by atoms with van der Waals surface area (Å²) in [7, 11) is 0. The van der Waals surface area contributed by atoms with E-state index in [1.165, 1.54) is 23.4 Å². The quantitative estimate of drug-likeness (QED) is 0.708. The van der Waals surface area contributed by atoms with Crippen LogP contribution in [0.3, 0.4) is 0 Å². The molecule has 0 spiro atoms. The number of rotatable bonds is 4. The molecule has 3 nitrogen and oxygen atoms in total. The van der Waals surface area contributed by atoms with Gasteiger partial charge in [-0.1, -0.05) is 29.8 Å². The Hall–Kier alpha value is -2.46. The van der Waals surface area contributed by atoms with E-state index in [4.69, 9.17) is 4.98 Å². The maximum Gasteiger partial charge on any atom is 0.255 e. The molecule has 0 atom stereocenters. The zero-order valence-electron chi connectivity index (χ0n) is 13.5. The van der Waals surface area contributed by atoms with E-state index in [0.29, 0.717) is 11.5 Å². The van der Waals surface area contributed by atoms with Crippen molar-refractivity contribution >= 4 is 22.9 Å². The van der Waals surface area contributed by atoms with Crippen LogP contribution in [0.25, 0.3) is 11.3 Å². The van der Waals surface area contributed by atoms with Gasteiger partial charge in [0.15, 0.2) is 0 Å². The van der Waals surface area contributed by atoms with Crippen LogP contribution in [-0.2, 0) is 0 Å². The smallest absolute Gasteiger partial charge is 0.255 e. The van der Waals surface area contributed by atoms with Crippen LogP contribution in [0, 0.1) is 6.92 Å². The highest BCUT2D eigenvalue weighted by Gasteiger charge is 2.26. The number of carbonyl (C=O) groups is 1. The van der Waals surface area contributed by atoms with Crippen LogP contribution in [0.1, 0.15) is 39.7 Å². The summed E-state index contributed by atoms with van der Waals surface area (Å²) in [4.78, 5) is 17.0. The molecule has 1 amide bonds. The third-order valence-electron chi connectivity index (χ3n) is 4.20. The summed E-state index contributed by atoms with van der Waals surface area (Å²) in [6.45, 7) is 2.03. The lowest BCUT2D eigenvalue weighted by atomic mass is 10.1. The Morgan fingerprint density at radius 1 is 1.08 bits per heavy atom. The van der Waals surface area contributed by atoms with Gasteiger partial charge in [-0.3, -0.25) is 4.79 Å². The van der Waals surface area contributed by atoms with Gasteiger partial charge in [0.05, 0.1) is 10.7 Å². The van der Waals surface area contributed by atoms with E-state index in [1.54, 1.807) is 11.3 Å². The molecule has 2 aromatic carbocycles. The van der Waals surface area contributed by atoms with Crippen molar-refractivity contribution in [2.75, 3.05) is 5.32 Å². The highest BCUT2D eigenvalue weighted by Crippen LogP contribution is 2.42. The minimum atomic E-state index is -0.0950. The first-order valence-corrected chi connectivity index (χ1v) is 9.01. The summed E-state index contributed by atoms with van der Waals surface area (Å²) in [5, 5.41) is 6.27. The van der Waals surface area contributed by atoms with Crippen molar-refractivity contribution in [1.82, 2.24) is 4.98 Å². The second-order valence-corrected chi connectivity index (χ2v) is 7.13. The molecule has 1 saturated carbocycles. The Morgan fingerprint density at radius 3 is 2.46 bits per heavy atom. The first kappa shape index (κ1) is 15.1. The van der Waals surface area contributed by atoms with Gasteiger partial charge < -0.3 is 5.32 Å². The van der Waals surface area contributed by atoms with E-state index in [0.717, 1.165) is 16.9 Å². The summed E-state index contributed by atoms with van der Waals surface area (Å²) in [5.41, 5.74) is 4.70. The number of amides is 1. The molecule has 120 valence electrons. The van der Waals surface area contributed by atoms with Crippen molar-refractivity contribution in [3.8, 4) is 11.3 Å². The van der Waals surface area contributed by atoms with E-state index in [-0.39, 0.29) is 5.91 Å². The maximum absolute atomic E-state index is 12.3. The number of hydrogen-bond acceptors (Lipinski definition) is 3. The van der Waals surface area contributed by atoms with Gasteiger partial charge in [-0.25, -0.2) is 4.98 Å². The van der Waals surface area contributed by atoms with Gasteiger partial charge in [-0.05, 0) is 44.0 Å². The molecule has 0 aliphatic heterocycles. The molecule has 1 aliphatic rings. The zero-order chi connectivity index (χ0) is 16.5. The first-order chi connectivity index (χ1) is 11.7. The predicted octanol–water partition coefficient (Wildman–Crippen LogP) is 5.25. The SMILES string of the molecule is Cc1ccc(NC(=O)c2ccc(-c3csc(C4CC4)n3)cc2)cc1. The average Bonchev–Trinajstić information content (AvgIpc) is 3.34. The first-order valence-electron chi connectivity index (χ1n) is 8.13. The molecule has 0 bridgehead atoms. The van der Waals surface area contributed by atoms with Gasteiger partial charge in [-0.15, -0.1) is 11.3 Å². The molecular formula is C20H18N2OS. The van der Waals surface area contributed by atoms with Gasteiger partial charge in [-0.2, -0.15) is 0 Å². The lowest BCUT2D eigenvalue weighted by Crippen LogP contribution is -2.11. The Bertz CT molecular complexity index is 861. The molecule has 1 N–H and O–H groups in total. The standard InChI is InChI=1S/C20H18N2OS/c1-13-2-10-17(11-3-13)21-19(23)15-6-4-14(5-7-15)18-12-24-20(22-18)16-8-9-16/h2-7,10-12,16H,8-9H2,1H3,(H,21,23). The molecule has 0 saturated heterocycles. The number of benzene rings is 2. The Kier molecular flexibility index (Phi) is 3.90. The van der Waals surface area contributed by atoms with Crippen LogP contribution in [0.4, 0.5) is 5.69 Å². The van der Waals surface area contributed by atoms with Crippen LogP contribution in [0.15, 0.2) is 53.9 Å². The van der Waals surface area contributed by atoms with Gasteiger partial charge in [0.25, 0.3) is 5.91 Å². The van der Waals surface area contributed by atoms with Gasteiger partial charge in [0, 0.05) is 28.1 Å². The molecule has 24 heavy (non-hydrogen) atoms. The number of aromatic nitrogens is 1. The summed E-state index contributed by atoms with van der Waals surface area (Å²) in [5.74, 6) is 0.589. The Morgan fingerprint density at radius 2 is 1.79 bits per heavy atom. The highest BCUT2D eigenvalue weighted by atomic mass is 32.1. The van der Waals surface area contributed by atoms with E-state index < -0.39 is 0 Å². The number of nitrogens with one attached hydrogen (secondary N) is 1. The Labute approximate surface area is 145 Å². The molecule has 1 aromatic heterocycles. The lowest BCUT2D eigenvalue weighted by molar-refractivity contribution is 0.102. The number of thiazole rings is 1. The van der Waals surface area contributed by atoms with Crippen LogP contribution in [0.5, 0.6) is 0 Å². The summed E-state index contributed by atoms with van der Waals surface area (Å²) < 4.78 is 0. The normalized spacial score (nSPS) is 13.7. The zero-order valence-corrected chi connectivity index (χ0v) is 14.3. The molecule has 4 heteroatoms. The number of anilines is 1. The summed E-state index contributed by atoms with van der Waals surface area (Å²) >= 11 is 1.74. The highest BCUT2D eigenvalue weighted by molar-refractivity contribution is 7.10. The van der Waals surface area contributed by atoms with Gasteiger partial charge in [0.2, 0.25) is 0 Å². The van der Waals surface area contributed by atoms with E-state index >= 15 is 0 Å². The average molecular weight is 334 g/mol. The minimum Gasteiger partial charge on any atom is -0.322 e. The number of aryl methyl sites for hydroxylation is 1. The fourth-order valence-electron chi connectivity index (χ4n) is 2.57. The molecular weight excluding hydrogens is 316 g/mol. The maximum atomic E-state index is 12.3. The van der Waals surface area contributed by atoms with Crippen molar-refractivity contribution < 1.29 is 4.79 Å². The van der Waals surface area contributed by atoms with Gasteiger partial charge in [0.1, 0.15) is 0 Å². The molecule has 3 aromatic rings. The molecule has 0 unspecified atom stereocenters. The van der Waals surface area contributed by atoms with Crippen LogP contribution >= 0.6 is 11.3 Å². The van der Waals surface area contributed by atoms with Crippen molar-refractivity contribution in [1.29, 1.82) is 0 Å². The third kappa shape index (κ3) is 3.24. The van der Waals surface area contributed by atoms with Gasteiger partial charge >= 0.3 is 0 Å². The second-order valence-electron chi connectivity index (χ2n) is 6.24. The summed E-state index contributed by atoms with van der Waals surface area (Å²) in [6.07, 6.45) is 2.54. The fraction of sp³-hybridized carbons (Fsp3) is 0.200. The third-order valence-corrected chi connectivity index (χ3v) is 5.21. The van der Waals surface area contributed by atoms with E-state index in [9.17, 15) is 4.79 Å². The van der Waals surface area contributed by atoms with Crippen LogP contribution < -0.4 is 5.32 Å². The molecule has 0 radical (unpaired) electrons. The largest absolute Gasteiger partial charge is 0.322 e. The van der Waals surface area contributed by atoms with Crippen LogP contribution in [0.2, 0.25) is 0 Å². The van der Waals surface area contributed by atoms with Crippen molar-refractivity contribution in [3.63, 3.8) is 0 Å². The van der Waals surface area contributed by atoms with E-state index in [2.05, 4.69) is 10.7 Å². The molecule has 1 heterocycles. The lowest BCUT2D eigenvalue weighted by Gasteiger charge is -2.06. The second kappa shape index (κ2) is 6.21. The minimum absolute atomic E-state index is 0.0950. The fourth-order valence-corrected chi connectivity index (χ4v) is 3.57. The van der Waals surface area contributed by atoms with E-state index in [1.807, 2.05) is 55.5 Å². The van der Waals surface area contributed by atoms with Crippen LogP contribution in [-0.4, -0.2) is 10.9 Å².